The Morgan fingerprint density at radius 2 is 1.82 bits per heavy atom. The van der Waals surface area contributed by atoms with Crippen LogP contribution < -0.4 is 16.0 Å². The van der Waals surface area contributed by atoms with Gasteiger partial charge in [-0.1, -0.05) is 13.8 Å². The number of thiazole rings is 1. The number of nitrogens with zero attached hydrogens (tertiary/aromatic N) is 1. The minimum atomic E-state index is -0.982. The van der Waals surface area contributed by atoms with Gasteiger partial charge < -0.3 is 30.2 Å². The molecular weight excluding hydrogens is 452 g/mol. The Bertz CT molecular complexity index is 782. The van der Waals surface area contributed by atoms with Crippen molar-refractivity contribution in [2.24, 2.45) is 5.92 Å². The number of carbonyl (C=O) groups is 4. The number of hydrogen-bond acceptors (Lipinski definition) is 9. The van der Waals surface area contributed by atoms with Gasteiger partial charge in [0.25, 0.3) is 5.91 Å². The number of ketones is 1. The fourth-order valence-electron chi connectivity index (χ4n) is 2.76. The van der Waals surface area contributed by atoms with Crippen LogP contribution >= 0.6 is 11.3 Å². The van der Waals surface area contributed by atoms with E-state index in [1.807, 2.05) is 13.8 Å². The Balaban J connectivity index is 0.00000172. The Labute approximate surface area is 197 Å². The molecule has 12 heteroatoms. The monoisotopic (exact) mass is 486 g/mol. The van der Waals surface area contributed by atoms with Gasteiger partial charge in [-0.05, 0) is 19.3 Å². The summed E-state index contributed by atoms with van der Waals surface area (Å²) >= 11 is 1.14. The van der Waals surface area contributed by atoms with Crippen LogP contribution in [0.2, 0.25) is 0 Å². The molecule has 2 heterocycles. The lowest BCUT2D eigenvalue weighted by molar-refractivity contribution is -0.131. The molecule has 11 nitrogen and oxygen atoms in total. The van der Waals surface area contributed by atoms with Gasteiger partial charge in [0, 0.05) is 21.3 Å². The first-order valence-corrected chi connectivity index (χ1v) is 11.3. The highest BCUT2D eigenvalue weighted by atomic mass is 32.1. The van der Waals surface area contributed by atoms with Crippen LogP contribution in [0.5, 0.6) is 0 Å². The van der Waals surface area contributed by atoms with Crippen molar-refractivity contribution in [1.29, 1.82) is 0 Å². The highest BCUT2D eigenvalue weighted by molar-refractivity contribution is 7.11. The van der Waals surface area contributed by atoms with Crippen LogP contribution in [-0.2, 0) is 28.6 Å². The number of methoxy groups -OCH3 is 2. The number of amides is 3. The minimum Gasteiger partial charge on any atom is -0.388 e. The van der Waals surface area contributed by atoms with E-state index < -0.39 is 35.4 Å². The van der Waals surface area contributed by atoms with Crippen molar-refractivity contribution in [1.82, 2.24) is 20.9 Å². The lowest BCUT2D eigenvalue weighted by atomic mass is 9.93. The maximum Gasteiger partial charge on any atom is 0.263 e. The molecule has 3 amide bonds. The Morgan fingerprint density at radius 1 is 1.18 bits per heavy atom. The van der Waals surface area contributed by atoms with E-state index in [0.29, 0.717) is 17.9 Å². The summed E-state index contributed by atoms with van der Waals surface area (Å²) in [5, 5.41) is 7.69. The van der Waals surface area contributed by atoms with E-state index in [1.54, 1.807) is 21.1 Å². The fourth-order valence-corrected chi connectivity index (χ4v) is 3.29. The average molecular weight is 487 g/mol. The first kappa shape index (κ1) is 28.6. The molecule has 1 aliphatic rings. The summed E-state index contributed by atoms with van der Waals surface area (Å²) in [6, 6.07) is -1.67. The van der Waals surface area contributed by atoms with Crippen LogP contribution in [0.15, 0.2) is 11.7 Å². The molecule has 3 atom stereocenters. The normalized spacial score (nSPS) is 18.4. The molecule has 0 unspecified atom stereocenters. The highest BCUT2D eigenvalue weighted by Crippen LogP contribution is 2.29. The van der Waals surface area contributed by atoms with Gasteiger partial charge in [-0.25, -0.2) is 0 Å². The van der Waals surface area contributed by atoms with Gasteiger partial charge in [0.1, 0.15) is 16.5 Å². The summed E-state index contributed by atoms with van der Waals surface area (Å²) in [5.74, 6) is -1.53. The van der Waals surface area contributed by atoms with Crippen molar-refractivity contribution in [2.75, 3.05) is 41.1 Å². The van der Waals surface area contributed by atoms with E-state index in [2.05, 4.69) is 25.7 Å². The first-order chi connectivity index (χ1) is 15.6. The molecule has 0 spiro atoms. The zero-order valence-corrected chi connectivity index (χ0v) is 20.7. The van der Waals surface area contributed by atoms with Crippen LogP contribution in [-0.4, -0.2) is 87.3 Å². The van der Waals surface area contributed by atoms with Crippen molar-refractivity contribution in [3.8, 4) is 0 Å². The molecule has 1 saturated heterocycles. The molecule has 186 valence electrons. The van der Waals surface area contributed by atoms with E-state index in [4.69, 9.17) is 9.47 Å². The van der Waals surface area contributed by atoms with E-state index in [1.165, 1.54) is 18.8 Å². The van der Waals surface area contributed by atoms with Gasteiger partial charge in [0.15, 0.2) is 5.78 Å². The predicted molar refractivity (Wildman–Crippen MR) is 122 cm³/mol. The zero-order valence-electron chi connectivity index (χ0n) is 19.9. The van der Waals surface area contributed by atoms with Gasteiger partial charge in [0.2, 0.25) is 11.8 Å². The summed E-state index contributed by atoms with van der Waals surface area (Å²) in [4.78, 5) is 53.7. The number of Topliss-reactive ketones (excluding diaryl/α,β-unsaturated/α-hetero) is 1. The Hall–Kier alpha value is -2.41. The number of nitrogens with one attached hydrogen (secondary N) is 3. The van der Waals surface area contributed by atoms with Gasteiger partial charge in [0.05, 0.1) is 37.5 Å². The van der Waals surface area contributed by atoms with E-state index in [-0.39, 0.29) is 24.9 Å². The number of carbonyl (C=O) groups excluding carboxylic acids is 4. The van der Waals surface area contributed by atoms with E-state index in [9.17, 15) is 19.2 Å². The second-order valence-corrected chi connectivity index (χ2v) is 8.99. The molecule has 0 radical (unpaired) electrons. The number of hydrogen-bond donors (Lipinski definition) is 3. The molecule has 0 aromatic carbocycles. The fraction of sp³-hybridized carbons (Fsp3) is 0.667. The smallest absolute Gasteiger partial charge is 0.263 e. The van der Waals surface area contributed by atoms with E-state index >= 15 is 0 Å². The lowest BCUT2D eigenvalue weighted by Gasteiger charge is -2.22. The summed E-state index contributed by atoms with van der Waals surface area (Å²) in [6.45, 7) is 5.52. The molecule has 0 saturated carbocycles. The maximum absolute atomic E-state index is 12.6. The third-order valence-electron chi connectivity index (χ3n) is 4.49. The van der Waals surface area contributed by atoms with Crippen LogP contribution in [0, 0.1) is 5.92 Å². The molecule has 1 aliphatic heterocycles. The topological polar surface area (TPSA) is 148 Å². The third kappa shape index (κ3) is 9.95. The minimum absolute atomic E-state index is 0.0673. The molecule has 0 aliphatic carbocycles. The van der Waals surface area contributed by atoms with Crippen molar-refractivity contribution in [2.45, 2.75) is 44.9 Å². The molecule has 33 heavy (non-hydrogen) atoms. The average Bonchev–Trinajstić information content (AvgIpc) is 3.26. The van der Waals surface area contributed by atoms with Gasteiger partial charge in [-0.15, -0.1) is 11.3 Å². The van der Waals surface area contributed by atoms with Crippen LogP contribution in [0.25, 0.3) is 0 Å². The van der Waals surface area contributed by atoms with Crippen molar-refractivity contribution in [3.05, 3.63) is 16.6 Å². The van der Waals surface area contributed by atoms with E-state index in [0.717, 1.165) is 11.3 Å². The predicted octanol–water partition coefficient (Wildman–Crippen LogP) is 0.156. The van der Waals surface area contributed by atoms with Crippen LogP contribution in [0.3, 0.4) is 0 Å². The Morgan fingerprint density at radius 3 is 2.30 bits per heavy atom. The lowest BCUT2D eigenvalue weighted by Crippen LogP contribution is -2.53. The molecule has 1 aromatic rings. The first-order valence-electron chi connectivity index (χ1n) is 10.4. The number of epoxide rings is 1. The second-order valence-electron chi connectivity index (χ2n) is 8.11. The molecular formula is C21H34N4O7S. The molecule has 1 aromatic heterocycles. The van der Waals surface area contributed by atoms with Gasteiger partial charge in [-0.3, -0.25) is 24.2 Å². The van der Waals surface area contributed by atoms with Gasteiger partial charge in [-0.2, -0.15) is 0 Å². The Kier molecular flexibility index (Phi) is 12.1. The third-order valence-corrected chi connectivity index (χ3v) is 5.26. The van der Waals surface area contributed by atoms with Gasteiger partial charge >= 0.3 is 0 Å². The van der Waals surface area contributed by atoms with Crippen LogP contribution in [0.4, 0.5) is 0 Å². The van der Waals surface area contributed by atoms with Crippen molar-refractivity contribution < 1.29 is 33.4 Å². The highest BCUT2D eigenvalue weighted by Gasteiger charge is 2.50. The maximum atomic E-state index is 12.6. The molecule has 2 rings (SSSR count). The van der Waals surface area contributed by atoms with Crippen molar-refractivity contribution in [3.63, 3.8) is 0 Å². The quantitative estimate of drug-likeness (QED) is 0.354. The van der Waals surface area contributed by atoms with Crippen molar-refractivity contribution >= 4 is 34.8 Å². The zero-order chi connectivity index (χ0) is 25.0. The SMILES string of the molecule is COC.COC[C@H](NC(=O)c1cncs1)C(=O)NCC(=O)N[C@@H](CC(C)C)C(=O)[C@@]1(C)CO1. The summed E-state index contributed by atoms with van der Waals surface area (Å²) in [5.41, 5.74) is 0.660. The largest absolute Gasteiger partial charge is 0.388 e. The van der Waals surface area contributed by atoms with Crippen LogP contribution in [0.1, 0.15) is 36.9 Å². The number of aromatic nitrogens is 1. The summed E-state index contributed by atoms with van der Waals surface area (Å²) in [6.07, 6.45) is 1.86. The molecule has 1 fully saturated rings. The standard InChI is InChI=1S/C19H28N4O6S.C2H6O/c1-11(2)5-12(16(25)19(3)9-29-19)22-15(24)7-21-17(26)13(8-28-4)23-18(27)14-6-20-10-30-14;1-3-2/h6,10-13H,5,7-9H2,1-4H3,(H,21,26)(H,22,24)(H,23,27);1-2H3/t12-,13-,19+;/m0./s1. The summed E-state index contributed by atoms with van der Waals surface area (Å²) in [7, 11) is 4.65. The second kappa shape index (κ2) is 14.0. The summed E-state index contributed by atoms with van der Waals surface area (Å²) < 4.78 is 14.4. The molecule has 0 bridgehead atoms. The number of rotatable bonds is 12. The molecule has 3 N–H and O–H groups in total. The number of ether oxygens (including phenoxy) is 3.